The van der Waals surface area contributed by atoms with E-state index in [1.807, 2.05) is 6.92 Å². The van der Waals surface area contributed by atoms with Gasteiger partial charge in [-0.25, -0.2) is 14.6 Å². The Balaban J connectivity index is 1.73. The predicted molar refractivity (Wildman–Crippen MR) is 120 cm³/mol. The number of thiophene rings is 1. The van der Waals surface area contributed by atoms with Crippen LogP contribution >= 0.6 is 11.3 Å². The predicted octanol–water partition coefficient (Wildman–Crippen LogP) is 3.15. The van der Waals surface area contributed by atoms with E-state index in [4.69, 9.17) is 9.47 Å². The molecule has 0 saturated carbocycles. The summed E-state index contributed by atoms with van der Waals surface area (Å²) in [6.07, 6.45) is 2.01. The van der Waals surface area contributed by atoms with E-state index in [0.717, 1.165) is 17.8 Å². The van der Waals surface area contributed by atoms with Crippen LogP contribution in [0.15, 0.2) is 35.4 Å². The molecule has 0 saturated heterocycles. The van der Waals surface area contributed by atoms with Crippen LogP contribution in [0, 0.1) is 6.92 Å². The Morgan fingerprint density at radius 1 is 1.09 bits per heavy atom. The Morgan fingerprint density at radius 2 is 1.81 bits per heavy atom. The first-order chi connectivity index (χ1) is 15.3. The number of carbonyl (C=O) groups excluding carboxylic acids is 3. The maximum atomic E-state index is 12.9. The fourth-order valence-electron chi connectivity index (χ4n) is 2.99. The molecular weight excluding hydrogens is 434 g/mol. The molecule has 0 aliphatic rings. The van der Waals surface area contributed by atoms with Crippen molar-refractivity contribution in [2.45, 2.75) is 33.7 Å². The van der Waals surface area contributed by atoms with Crippen LogP contribution in [0.3, 0.4) is 0 Å². The van der Waals surface area contributed by atoms with Gasteiger partial charge < -0.3 is 14.8 Å². The van der Waals surface area contributed by atoms with E-state index in [1.165, 1.54) is 10.9 Å². The van der Waals surface area contributed by atoms with Crippen molar-refractivity contribution < 1.29 is 23.9 Å². The first-order valence-electron chi connectivity index (χ1n) is 10.1. The van der Waals surface area contributed by atoms with E-state index in [2.05, 4.69) is 10.3 Å². The largest absolute Gasteiger partial charge is 0.462 e. The van der Waals surface area contributed by atoms with Gasteiger partial charge in [0.25, 0.3) is 5.56 Å². The molecule has 2 heterocycles. The lowest BCUT2D eigenvalue weighted by atomic mass is 10.2. The van der Waals surface area contributed by atoms with E-state index in [9.17, 15) is 19.2 Å². The average molecular weight is 458 g/mol. The molecule has 3 aromatic rings. The monoisotopic (exact) mass is 457 g/mol. The number of anilines is 1. The number of aromatic nitrogens is 2. The van der Waals surface area contributed by atoms with Crippen LogP contribution in [0.1, 0.15) is 45.9 Å². The molecular formula is C22H23N3O6S. The number of amides is 1. The van der Waals surface area contributed by atoms with Crippen molar-refractivity contribution in [2.24, 2.45) is 0 Å². The zero-order valence-corrected chi connectivity index (χ0v) is 18.8. The standard InChI is InChI=1S/C22H23N3O6S/c1-4-10-31-21(28)14-6-8-15(9-7-14)24-16(26)11-25-12-23-19-17(20(25)27)13(3)18(32-19)22(29)30-5-2/h6-9,12H,4-5,10-11H2,1-3H3,(H,24,26). The normalized spacial score (nSPS) is 10.7. The number of benzene rings is 1. The zero-order valence-electron chi connectivity index (χ0n) is 18.0. The third kappa shape index (κ3) is 5.02. The molecule has 168 valence electrons. The first kappa shape index (κ1) is 23.1. The zero-order chi connectivity index (χ0) is 23.3. The molecule has 9 nitrogen and oxygen atoms in total. The maximum absolute atomic E-state index is 12.9. The van der Waals surface area contributed by atoms with Crippen molar-refractivity contribution in [2.75, 3.05) is 18.5 Å². The molecule has 0 fully saturated rings. The number of aryl methyl sites for hydroxylation is 1. The highest BCUT2D eigenvalue weighted by atomic mass is 32.1. The quantitative estimate of drug-likeness (QED) is 0.517. The van der Waals surface area contributed by atoms with Crippen molar-refractivity contribution in [1.29, 1.82) is 0 Å². The highest BCUT2D eigenvalue weighted by Gasteiger charge is 2.20. The lowest BCUT2D eigenvalue weighted by Gasteiger charge is -2.08. The van der Waals surface area contributed by atoms with Crippen LogP contribution in [-0.4, -0.2) is 40.6 Å². The lowest BCUT2D eigenvalue weighted by Crippen LogP contribution is -2.28. The first-order valence-corrected chi connectivity index (χ1v) is 10.9. The number of hydrogen-bond donors (Lipinski definition) is 1. The number of nitrogens with one attached hydrogen (secondary N) is 1. The van der Waals surface area contributed by atoms with Crippen LogP contribution in [0.2, 0.25) is 0 Å². The summed E-state index contributed by atoms with van der Waals surface area (Å²) in [6, 6.07) is 6.27. The van der Waals surface area contributed by atoms with Crippen molar-refractivity contribution in [1.82, 2.24) is 9.55 Å². The highest BCUT2D eigenvalue weighted by Crippen LogP contribution is 2.27. The summed E-state index contributed by atoms with van der Waals surface area (Å²) in [7, 11) is 0. The molecule has 1 aromatic carbocycles. The van der Waals surface area contributed by atoms with Crippen LogP contribution in [0.4, 0.5) is 5.69 Å². The van der Waals surface area contributed by atoms with Crippen molar-refractivity contribution >= 4 is 45.1 Å². The number of hydrogen-bond acceptors (Lipinski definition) is 8. The van der Waals surface area contributed by atoms with Crippen molar-refractivity contribution in [3.05, 3.63) is 57.0 Å². The van der Waals surface area contributed by atoms with Gasteiger partial charge in [0, 0.05) is 5.69 Å². The lowest BCUT2D eigenvalue weighted by molar-refractivity contribution is -0.116. The molecule has 1 N–H and O–H groups in total. The fraction of sp³-hybridized carbons (Fsp3) is 0.318. The maximum Gasteiger partial charge on any atom is 0.348 e. The van der Waals surface area contributed by atoms with Gasteiger partial charge in [-0.05, 0) is 50.1 Å². The summed E-state index contributed by atoms with van der Waals surface area (Å²) in [4.78, 5) is 54.2. The molecule has 0 unspecified atom stereocenters. The molecule has 3 rings (SSSR count). The Bertz CT molecular complexity index is 1210. The van der Waals surface area contributed by atoms with Crippen molar-refractivity contribution in [3.63, 3.8) is 0 Å². The summed E-state index contributed by atoms with van der Waals surface area (Å²) < 4.78 is 11.3. The molecule has 0 aliphatic carbocycles. The Hall–Kier alpha value is -3.53. The number of fused-ring (bicyclic) bond motifs is 1. The molecule has 10 heteroatoms. The number of rotatable bonds is 8. The van der Waals surface area contributed by atoms with Gasteiger partial charge in [-0.15, -0.1) is 11.3 Å². The Kier molecular flexibility index (Phi) is 7.37. The van der Waals surface area contributed by atoms with Gasteiger partial charge in [0.1, 0.15) is 16.3 Å². The van der Waals surface area contributed by atoms with E-state index in [0.29, 0.717) is 38.5 Å². The topological polar surface area (TPSA) is 117 Å². The van der Waals surface area contributed by atoms with Gasteiger partial charge in [0.05, 0.1) is 30.5 Å². The Labute approximate surface area is 188 Å². The summed E-state index contributed by atoms with van der Waals surface area (Å²) >= 11 is 1.09. The minimum Gasteiger partial charge on any atom is -0.462 e. The molecule has 0 radical (unpaired) electrons. The van der Waals surface area contributed by atoms with E-state index < -0.39 is 23.4 Å². The number of esters is 2. The molecule has 0 spiro atoms. The van der Waals surface area contributed by atoms with Crippen LogP contribution in [-0.2, 0) is 20.8 Å². The molecule has 0 aliphatic heterocycles. The average Bonchev–Trinajstić information content (AvgIpc) is 3.12. The third-order valence-electron chi connectivity index (χ3n) is 4.53. The van der Waals surface area contributed by atoms with E-state index in [1.54, 1.807) is 38.1 Å². The SMILES string of the molecule is CCCOC(=O)c1ccc(NC(=O)Cn2cnc3sc(C(=O)OCC)c(C)c3c2=O)cc1. The number of ether oxygens (including phenoxy) is 2. The molecule has 0 bridgehead atoms. The minimum absolute atomic E-state index is 0.227. The molecule has 1 amide bonds. The van der Waals surface area contributed by atoms with Gasteiger partial charge in [0.15, 0.2) is 0 Å². The molecule has 2 aromatic heterocycles. The fourth-order valence-corrected chi connectivity index (χ4v) is 4.02. The summed E-state index contributed by atoms with van der Waals surface area (Å²) in [5.74, 6) is -1.37. The van der Waals surface area contributed by atoms with Crippen LogP contribution in [0.5, 0.6) is 0 Å². The summed E-state index contributed by atoms with van der Waals surface area (Å²) in [5, 5.41) is 2.97. The Morgan fingerprint density at radius 3 is 2.47 bits per heavy atom. The summed E-state index contributed by atoms with van der Waals surface area (Å²) in [5.41, 5.74) is 0.929. The van der Waals surface area contributed by atoms with Crippen LogP contribution in [0.25, 0.3) is 10.2 Å². The summed E-state index contributed by atoms with van der Waals surface area (Å²) in [6.45, 7) is 5.58. The van der Waals surface area contributed by atoms with Gasteiger partial charge in [-0.2, -0.15) is 0 Å². The van der Waals surface area contributed by atoms with Gasteiger partial charge in [-0.3, -0.25) is 14.2 Å². The number of nitrogens with zero attached hydrogens (tertiary/aromatic N) is 2. The van der Waals surface area contributed by atoms with E-state index in [-0.39, 0.29) is 13.2 Å². The molecule has 0 atom stereocenters. The smallest absolute Gasteiger partial charge is 0.348 e. The second kappa shape index (κ2) is 10.2. The minimum atomic E-state index is -0.501. The molecule has 32 heavy (non-hydrogen) atoms. The van der Waals surface area contributed by atoms with Crippen LogP contribution < -0.4 is 10.9 Å². The second-order valence-corrected chi connectivity index (χ2v) is 7.89. The van der Waals surface area contributed by atoms with Gasteiger partial charge in [-0.1, -0.05) is 6.92 Å². The van der Waals surface area contributed by atoms with Crippen molar-refractivity contribution in [3.8, 4) is 0 Å². The number of carbonyl (C=O) groups is 3. The second-order valence-electron chi connectivity index (χ2n) is 6.90. The van der Waals surface area contributed by atoms with E-state index >= 15 is 0 Å². The van der Waals surface area contributed by atoms with Gasteiger partial charge >= 0.3 is 11.9 Å². The third-order valence-corrected chi connectivity index (χ3v) is 5.71. The van der Waals surface area contributed by atoms with Gasteiger partial charge in [0.2, 0.25) is 5.91 Å². The highest BCUT2D eigenvalue weighted by molar-refractivity contribution is 7.20.